The van der Waals surface area contributed by atoms with E-state index in [1.807, 2.05) is 11.8 Å². The molecule has 0 amide bonds. The molecule has 1 unspecified atom stereocenters. The zero-order valence-corrected chi connectivity index (χ0v) is 10.2. The summed E-state index contributed by atoms with van der Waals surface area (Å²) in [6.07, 6.45) is 2.40. The molecule has 1 aromatic carbocycles. The monoisotopic (exact) mass is 234 g/mol. The Balaban J connectivity index is 1.60. The fourth-order valence-corrected chi connectivity index (χ4v) is 4.04. The number of fused-ring (bicyclic) bond motifs is 1. The van der Waals surface area contributed by atoms with Crippen LogP contribution in [0.4, 0.5) is 0 Å². The molecule has 16 heavy (non-hydrogen) atoms. The number of hydrogen-bond donors (Lipinski definition) is 1. The van der Waals surface area contributed by atoms with Gasteiger partial charge in [-0.1, -0.05) is 18.2 Å². The van der Waals surface area contributed by atoms with Gasteiger partial charge in [-0.2, -0.15) is 0 Å². The van der Waals surface area contributed by atoms with Gasteiger partial charge in [0.2, 0.25) is 0 Å². The van der Waals surface area contributed by atoms with E-state index < -0.39 is 0 Å². The summed E-state index contributed by atoms with van der Waals surface area (Å²) in [5.74, 6) is 0. The van der Waals surface area contributed by atoms with Crippen molar-refractivity contribution in [2.24, 2.45) is 5.73 Å². The SMILES string of the molecule is N[C@@H]1CCN(CC2Cc3ccccc3S2)C1. The fourth-order valence-electron chi connectivity index (χ4n) is 2.67. The van der Waals surface area contributed by atoms with Crippen molar-refractivity contribution >= 4 is 11.8 Å². The topological polar surface area (TPSA) is 29.3 Å². The number of hydrogen-bond acceptors (Lipinski definition) is 3. The second-order valence-corrected chi connectivity index (χ2v) is 6.20. The van der Waals surface area contributed by atoms with Crippen molar-refractivity contribution in [1.82, 2.24) is 4.90 Å². The smallest absolute Gasteiger partial charge is 0.0263 e. The maximum Gasteiger partial charge on any atom is 0.0263 e. The maximum atomic E-state index is 5.94. The van der Waals surface area contributed by atoms with E-state index in [0.717, 1.165) is 11.8 Å². The molecule has 3 rings (SSSR count). The van der Waals surface area contributed by atoms with Gasteiger partial charge in [0.15, 0.2) is 0 Å². The molecule has 1 aromatic rings. The van der Waals surface area contributed by atoms with Crippen LogP contribution in [0.1, 0.15) is 12.0 Å². The normalized spacial score (nSPS) is 29.6. The van der Waals surface area contributed by atoms with E-state index in [9.17, 15) is 0 Å². The van der Waals surface area contributed by atoms with Crippen LogP contribution in [0.3, 0.4) is 0 Å². The van der Waals surface area contributed by atoms with Gasteiger partial charge in [-0.25, -0.2) is 0 Å². The molecule has 2 aliphatic heterocycles. The third kappa shape index (κ3) is 2.12. The molecular formula is C13H18N2S. The summed E-state index contributed by atoms with van der Waals surface area (Å²) >= 11 is 2.04. The molecule has 0 aromatic heterocycles. The highest BCUT2D eigenvalue weighted by molar-refractivity contribution is 8.00. The molecule has 86 valence electrons. The van der Waals surface area contributed by atoms with Gasteiger partial charge in [0.05, 0.1) is 0 Å². The van der Waals surface area contributed by atoms with Crippen LogP contribution in [0.5, 0.6) is 0 Å². The highest BCUT2D eigenvalue weighted by Crippen LogP contribution is 2.37. The first-order chi connectivity index (χ1) is 7.81. The number of nitrogens with zero attached hydrogens (tertiary/aromatic N) is 1. The third-order valence-electron chi connectivity index (χ3n) is 3.48. The molecule has 2 aliphatic rings. The Labute approximate surface area is 101 Å². The van der Waals surface area contributed by atoms with E-state index in [4.69, 9.17) is 5.73 Å². The van der Waals surface area contributed by atoms with Crippen molar-refractivity contribution in [2.75, 3.05) is 19.6 Å². The van der Waals surface area contributed by atoms with E-state index in [1.165, 1.54) is 36.4 Å². The van der Waals surface area contributed by atoms with Crippen LogP contribution in [0, 0.1) is 0 Å². The van der Waals surface area contributed by atoms with E-state index in [-0.39, 0.29) is 0 Å². The Morgan fingerprint density at radius 3 is 3.00 bits per heavy atom. The Morgan fingerprint density at radius 2 is 2.25 bits per heavy atom. The molecule has 2 heterocycles. The van der Waals surface area contributed by atoms with Gasteiger partial charge in [-0.3, -0.25) is 0 Å². The van der Waals surface area contributed by atoms with Crippen molar-refractivity contribution in [2.45, 2.75) is 29.0 Å². The van der Waals surface area contributed by atoms with Crippen LogP contribution in [0.15, 0.2) is 29.2 Å². The van der Waals surface area contributed by atoms with Crippen LogP contribution in [0.25, 0.3) is 0 Å². The van der Waals surface area contributed by atoms with Crippen molar-refractivity contribution in [1.29, 1.82) is 0 Å². The highest BCUT2D eigenvalue weighted by Gasteiger charge is 2.26. The molecule has 2 nitrogen and oxygen atoms in total. The first-order valence-electron chi connectivity index (χ1n) is 6.04. The lowest BCUT2D eigenvalue weighted by atomic mass is 10.1. The molecule has 2 atom stereocenters. The number of likely N-dealkylation sites (tertiary alicyclic amines) is 1. The van der Waals surface area contributed by atoms with Crippen molar-refractivity contribution in [3.63, 3.8) is 0 Å². The molecule has 0 spiro atoms. The predicted octanol–water partition coefficient (Wildman–Crippen LogP) is 1.74. The van der Waals surface area contributed by atoms with Gasteiger partial charge in [0.25, 0.3) is 0 Å². The number of rotatable bonds is 2. The summed E-state index contributed by atoms with van der Waals surface area (Å²) in [6.45, 7) is 3.48. The molecule has 1 fully saturated rings. The third-order valence-corrected chi connectivity index (χ3v) is 4.79. The molecule has 0 radical (unpaired) electrons. The lowest BCUT2D eigenvalue weighted by molar-refractivity contribution is 0.335. The van der Waals surface area contributed by atoms with Crippen molar-refractivity contribution in [3.05, 3.63) is 29.8 Å². The number of benzene rings is 1. The summed E-state index contributed by atoms with van der Waals surface area (Å²) in [5, 5.41) is 0.739. The Kier molecular flexibility index (Phi) is 2.92. The first-order valence-corrected chi connectivity index (χ1v) is 6.92. The molecule has 0 bridgehead atoms. The van der Waals surface area contributed by atoms with Crippen LogP contribution in [0.2, 0.25) is 0 Å². The maximum absolute atomic E-state index is 5.94. The Bertz CT molecular complexity index is 355. The highest BCUT2D eigenvalue weighted by atomic mass is 32.2. The largest absolute Gasteiger partial charge is 0.326 e. The van der Waals surface area contributed by atoms with E-state index in [0.29, 0.717) is 6.04 Å². The average Bonchev–Trinajstić information content (AvgIpc) is 2.84. The van der Waals surface area contributed by atoms with Crippen LogP contribution in [-0.2, 0) is 6.42 Å². The van der Waals surface area contributed by atoms with Crippen molar-refractivity contribution in [3.8, 4) is 0 Å². The van der Waals surface area contributed by atoms with Crippen LogP contribution >= 0.6 is 11.8 Å². The molecule has 0 saturated carbocycles. The molecule has 2 N–H and O–H groups in total. The number of thioether (sulfide) groups is 1. The summed E-state index contributed by atoms with van der Waals surface area (Å²) in [6, 6.07) is 9.20. The van der Waals surface area contributed by atoms with Crippen LogP contribution in [-0.4, -0.2) is 35.8 Å². The second-order valence-electron chi connectivity index (χ2n) is 4.86. The lowest BCUT2D eigenvalue weighted by Gasteiger charge is -2.19. The summed E-state index contributed by atoms with van der Waals surface area (Å²) < 4.78 is 0. The lowest BCUT2D eigenvalue weighted by Crippen LogP contribution is -2.31. The molecular weight excluding hydrogens is 216 g/mol. The average molecular weight is 234 g/mol. The van der Waals surface area contributed by atoms with Gasteiger partial charge in [-0.15, -0.1) is 11.8 Å². The first kappa shape index (κ1) is 10.6. The van der Waals surface area contributed by atoms with E-state index >= 15 is 0 Å². The minimum absolute atomic E-state index is 0.411. The zero-order valence-electron chi connectivity index (χ0n) is 9.43. The van der Waals surface area contributed by atoms with E-state index in [1.54, 1.807) is 0 Å². The van der Waals surface area contributed by atoms with E-state index in [2.05, 4.69) is 29.2 Å². The molecule has 1 saturated heterocycles. The summed E-state index contributed by atoms with van der Waals surface area (Å²) in [7, 11) is 0. The quantitative estimate of drug-likeness (QED) is 0.845. The summed E-state index contributed by atoms with van der Waals surface area (Å²) in [4.78, 5) is 4.00. The second kappa shape index (κ2) is 4.40. The standard InChI is InChI=1S/C13H18N2S/c14-11-5-6-15(8-11)9-12-7-10-3-1-2-4-13(10)16-12/h1-4,11-12H,5-9,14H2/t11-,12?/m1/s1. The number of nitrogens with two attached hydrogens (primary N) is 1. The minimum Gasteiger partial charge on any atom is -0.326 e. The van der Waals surface area contributed by atoms with Gasteiger partial charge in [0, 0.05) is 29.3 Å². The van der Waals surface area contributed by atoms with Gasteiger partial charge in [-0.05, 0) is 31.0 Å². The molecule has 3 heteroatoms. The van der Waals surface area contributed by atoms with Crippen LogP contribution < -0.4 is 5.73 Å². The Morgan fingerprint density at radius 1 is 1.38 bits per heavy atom. The molecule has 0 aliphatic carbocycles. The Hall–Kier alpha value is -0.510. The van der Waals surface area contributed by atoms with Gasteiger partial charge >= 0.3 is 0 Å². The fraction of sp³-hybridized carbons (Fsp3) is 0.538. The van der Waals surface area contributed by atoms with Crippen molar-refractivity contribution < 1.29 is 0 Å². The minimum atomic E-state index is 0.411. The predicted molar refractivity (Wildman–Crippen MR) is 68.8 cm³/mol. The van der Waals surface area contributed by atoms with Gasteiger partial charge in [0.1, 0.15) is 0 Å². The van der Waals surface area contributed by atoms with Gasteiger partial charge < -0.3 is 10.6 Å². The zero-order chi connectivity index (χ0) is 11.0. The summed E-state index contributed by atoms with van der Waals surface area (Å²) in [5.41, 5.74) is 7.46.